The minimum Gasteiger partial charge on any atom is -0.497 e. The Labute approximate surface area is 150 Å². The number of rotatable bonds is 6. The van der Waals surface area contributed by atoms with E-state index in [1.54, 1.807) is 7.11 Å². The fourth-order valence-corrected chi connectivity index (χ4v) is 4.33. The first-order valence-electron chi connectivity index (χ1n) is 9.38. The molecular formula is C20H30N2O3. The van der Waals surface area contributed by atoms with Crippen LogP contribution in [0.25, 0.3) is 0 Å². The van der Waals surface area contributed by atoms with Crippen LogP contribution in [0.15, 0.2) is 24.3 Å². The van der Waals surface area contributed by atoms with Crippen LogP contribution in [-0.2, 0) is 14.9 Å². The fraction of sp³-hybridized carbons (Fsp3) is 0.650. The van der Waals surface area contributed by atoms with Gasteiger partial charge in [-0.25, -0.2) is 0 Å². The molecule has 5 heteroatoms. The van der Waals surface area contributed by atoms with Gasteiger partial charge < -0.3 is 20.5 Å². The van der Waals surface area contributed by atoms with Gasteiger partial charge in [0.15, 0.2) is 0 Å². The summed E-state index contributed by atoms with van der Waals surface area (Å²) in [6.45, 7) is 2.73. The third-order valence-electron chi connectivity index (χ3n) is 6.05. The topological polar surface area (TPSA) is 73.6 Å². The average Bonchev–Trinajstić information content (AvgIpc) is 3.16. The van der Waals surface area contributed by atoms with Crippen molar-refractivity contribution in [3.63, 3.8) is 0 Å². The first-order valence-corrected chi connectivity index (χ1v) is 9.38. The summed E-state index contributed by atoms with van der Waals surface area (Å²) < 4.78 is 10.9. The lowest BCUT2D eigenvalue weighted by atomic mass is 9.74. The third-order valence-corrected chi connectivity index (χ3v) is 6.05. The number of nitrogens with one attached hydrogen (secondary N) is 1. The molecular weight excluding hydrogens is 316 g/mol. The molecule has 5 nitrogen and oxygen atoms in total. The van der Waals surface area contributed by atoms with Gasteiger partial charge in [-0.1, -0.05) is 18.6 Å². The second-order valence-electron chi connectivity index (χ2n) is 7.37. The van der Waals surface area contributed by atoms with Crippen LogP contribution in [0.3, 0.4) is 0 Å². The van der Waals surface area contributed by atoms with Crippen molar-refractivity contribution in [3.05, 3.63) is 29.8 Å². The quantitative estimate of drug-likeness (QED) is 0.828. The van der Waals surface area contributed by atoms with E-state index in [9.17, 15) is 4.79 Å². The highest BCUT2D eigenvalue weighted by atomic mass is 16.5. The molecule has 1 heterocycles. The molecule has 1 amide bonds. The smallest absolute Gasteiger partial charge is 0.223 e. The molecule has 1 saturated heterocycles. The Morgan fingerprint density at radius 2 is 2.00 bits per heavy atom. The van der Waals surface area contributed by atoms with Gasteiger partial charge in [-0.3, -0.25) is 4.79 Å². The number of ether oxygens (including phenoxy) is 2. The van der Waals surface area contributed by atoms with E-state index in [-0.39, 0.29) is 17.2 Å². The van der Waals surface area contributed by atoms with Crippen LogP contribution in [0.2, 0.25) is 0 Å². The van der Waals surface area contributed by atoms with E-state index in [4.69, 9.17) is 15.2 Å². The van der Waals surface area contributed by atoms with E-state index in [2.05, 4.69) is 17.4 Å². The molecule has 3 N–H and O–H groups in total. The lowest BCUT2D eigenvalue weighted by molar-refractivity contribution is -0.126. The number of carbonyl (C=O) groups excluding carboxylic acids is 1. The molecule has 25 heavy (non-hydrogen) atoms. The number of carbonyl (C=O) groups is 1. The van der Waals surface area contributed by atoms with Crippen molar-refractivity contribution in [2.45, 2.75) is 37.5 Å². The van der Waals surface area contributed by atoms with Gasteiger partial charge in [0.05, 0.1) is 7.11 Å². The molecule has 0 aromatic heterocycles. The van der Waals surface area contributed by atoms with Crippen molar-refractivity contribution in [1.82, 2.24) is 5.32 Å². The van der Waals surface area contributed by atoms with Crippen LogP contribution in [0.5, 0.6) is 5.75 Å². The molecule has 0 bridgehead atoms. The molecule has 2 aliphatic rings. The van der Waals surface area contributed by atoms with Crippen molar-refractivity contribution >= 4 is 5.91 Å². The molecule has 1 aromatic rings. The van der Waals surface area contributed by atoms with Gasteiger partial charge in [0.25, 0.3) is 0 Å². The largest absolute Gasteiger partial charge is 0.497 e. The van der Waals surface area contributed by atoms with Crippen molar-refractivity contribution in [1.29, 1.82) is 0 Å². The number of hydrogen-bond acceptors (Lipinski definition) is 4. The van der Waals surface area contributed by atoms with Crippen molar-refractivity contribution in [2.75, 3.05) is 33.4 Å². The summed E-state index contributed by atoms with van der Waals surface area (Å²) >= 11 is 0. The summed E-state index contributed by atoms with van der Waals surface area (Å²) in [5.41, 5.74) is 7.03. The SMILES string of the molecule is COc1ccc(C2(CNC(=O)[C@@H]3CCC[C@@H]3CN)CCOCC2)cc1. The molecule has 138 valence electrons. The number of benzene rings is 1. The van der Waals surface area contributed by atoms with Crippen LogP contribution in [0, 0.1) is 11.8 Å². The second kappa shape index (κ2) is 8.19. The van der Waals surface area contributed by atoms with E-state index in [1.165, 1.54) is 5.56 Å². The highest BCUT2D eigenvalue weighted by Gasteiger charge is 2.37. The van der Waals surface area contributed by atoms with Crippen LogP contribution in [0.1, 0.15) is 37.7 Å². The highest BCUT2D eigenvalue weighted by Crippen LogP contribution is 2.36. The van der Waals surface area contributed by atoms with Crippen LogP contribution >= 0.6 is 0 Å². The van der Waals surface area contributed by atoms with Crippen molar-refractivity contribution in [2.24, 2.45) is 17.6 Å². The zero-order chi connectivity index (χ0) is 17.7. The molecule has 1 aliphatic heterocycles. The minimum atomic E-state index is -0.0585. The Kier molecular flexibility index (Phi) is 5.97. The standard InChI is InChI=1S/C20H30N2O3/c1-24-17-7-5-16(6-8-17)20(9-11-25-12-10-20)14-22-19(23)18-4-2-3-15(18)13-21/h5-8,15,18H,2-4,9-14,21H2,1H3,(H,22,23)/t15-,18-/m1/s1. The van der Waals surface area contributed by atoms with Gasteiger partial charge >= 0.3 is 0 Å². The average molecular weight is 346 g/mol. The monoisotopic (exact) mass is 346 g/mol. The summed E-state index contributed by atoms with van der Waals surface area (Å²) in [5, 5.41) is 3.25. The van der Waals surface area contributed by atoms with E-state index < -0.39 is 0 Å². The molecule has 1 aliphatic carbocycles. The van der Waals surface area contributed by atoms with E-state index in [0.29, 0.717) is 19.0 Å². The van der Waals surface area contributed by atoms with E-state index in [1.807, 2.05) is 12.1 Å². The van der Waals surface area contributed by atoms with Gasteiger partial charge in [0.2, 0.25) is 5.91 Å². The molecule has 2 atom stereocenters. The maximum atomic E-state index is 12.7. The lowest BCUT2D eigenvalue weighted by Crippen LogP contribution is -2.46. The summed E-state index contributed by atoms with van der Waals surface area (Å²) in [6, 6.07) is 8.23. The predicted octanol–water partition coefficient (Wildman–Crippen LogP) is 2.23. The first kappa shape index (κ1) is 18.2. The summed E-state index contributed by atoms with van der Waals surface area (Å²) in [4.78, 5) is 12.7. The zero-order valence-corrected chi connectivity index (χ0v) is 15.1. The lowest BCUT2D eigenvalue weighted by Gasteiger charge is -2.38. The Morgan fingerprint density at radius 1 is 1.28 bits per heavy atom. The molecule has 2 fully saturated rings. The summed E-state index contributed by atoms with van der Waals surface area (Å²) in [5.74, 6) is 1.45. The van der Waals surface area contributed by atoms with Crippen LogP contribution in [-0.4, -0.2) is 39.3 Å². The number of amides is 1. The summed E-state index contributed by atoms with van der Waals surface area (Å²) in [6.07, 6.45) is 4.99. The normalized spacial score (nSPS) is 25.5. The third kappa shape index (κ3) is 3.98. The molecule has 0 unspecified atom stereocenters. The number of nitrogens with two attached hydrogens (primary N) is 1. The summed E-state index contributed by atoms with van der Waals surface area (Å²) in [7, 11) is 1.68. The predicted molar refractivity (Wildman–Crippen MR) is 97.6 cm³/mol. The maximum Gasteiger partial charge on any atom is 0.223 e. The van der Waals surface area contributed by atoms with Crippen molar-refractivity contribution in [3.8, 4) is 5.75 Å². The number of hydrogen-bond donors (Lipinski definition) is 2. The molecule has 1 saturated carbocycles. The van der Waals surface area contributed by atoms with Gasteiger partial charge in [-0.15, -0.1) is 0 Å². The minimum absolute atomic E-state index is 0.0585. The Morgan fingerprint density at radius 3 is 2.64 bits per heavy atom. The fourth-order valence-electron chi connectivity index (χ4n) is 4.33. The molecule has 0 radical (unpaired) electrons. The first-order chi connectivity index (χ1) is 12.2. The number of methoxy groups -OCH3 is 1. The van der Waals surface area contributed by atoms with Gasteiger partial charge in [0.1, 0.15) is 5.75 Å². The van der Waals surface area contributed by atoms with Gasteiger partial charge in [-0.05, 0) is 55.8 Å². The van der Waals surface area contributed by atoms with Crippen molar-refractivity contribution < 1.29 is 14.3 Å². The van der Waals surface area contributed by atoms with Gasteiger partial charge in [0, 0.05) is 31.1 Å². The second-order valence-corrected chi connectivity index (χ2v) is 7.37. The zero-order valence-electron chi connectivity index (χ0n) is 15.1. The Bertz CT molecular complexity index is 567. The maximum absolute atomic E-state index is 12.7. The molecule has 1 aromatic carbocycles. The van der Waals surface area contributed by atoms with Crippen LogP contribution < -0.4 is 15.8 Å². The Balaban J connectivity index is 1.71. The van der Waals surface area contributed by atoms with E-state index in [0.717, 1.165) is 51.1 Å². The molecule has 0 spiro atoms. The van der Waals surface area contributed by atoms with E-state index >= 15 is 0 Å². The highest BCUT2D eigenvalue weighted by molar-refractivity contribution is 5.79. The molecule has 3 rings (SSSR count). The van der Waals surface area contributed by atoms with Crippen LogP contribution in [0.4, 0.5) is 0 Å². The Hall–Kier alpha value is -1.59. The van der Waals surface area contributed by atoms with Gasteiger partial charge in [-0.2, -0.15) is 0 Å².